The summed E-state index contributed by atoms with van der Waals surface area (Å²) < 4.78 is 25.2. The molecule has 6 aliphatic rings. The fraction of sp³-hybridized carbons (Fsp3) is 0.629. The SMILES string of the molecule is COc1ccc2nc3cc(Cl)ccc3c(N3CCN(CCO[C@H]4O[C@@H]5OC6(C)CC[C@H]7[C@H](C)CC[C@@H]([C@H]4C)[C@@]57OO6)CC3)c2c1. The topological polar surface area (TPSA) is 74.8 Å². The van der Waals surface area contributed by atoms with Gasteiger partial charge in [-0.2, -0.15) is 0 Å². The third-order valence-corrected chi connectivity index (χ3v) is 11.6. The van der Waals surface area contributed by atoms with Crippen LogP contribution in [0, 0.1) is 23.7 Å². The molecule has 1 unspecified atom stereocenters. The molecule has 242 valence electrons. The summed E-state index contributed by atoms with van der Waals surface area (Å²) >= 11 is 6.36. The van der Waals surface area contributed by atoms with E-state index in [9.17, 15) is 0 Å². The predicted octanol–water partition coefficient (Wildman–Crippen LogP) is 6.40. The summed E-state index contributed by atoms with van der Waals surface area (Å²) in [5, 5.41) is 2.89. The molecule has 8 atom stereocenters. The Kier molecular flexibility index (Phi) is 7.68. The average Bonchev–Trinajstić information content (AvgIpc) is 3.28. The van der Waals surface area contributed by atoms with E-state index in [0.717, 1.165) is 79.5 Å². The monoisotopic (exact) mass is 637 g/mol. The molecule has 0 radical (unpaired) electrons. The highest BCUT2D eigenvalue weighted by molar-refractivity contribution is 6.31. The lowest BCUT2D eigenvalue weighted by Crippen LogP contribution is -2.70. The van der Waals surface area contributed by atoms with E-state index < -0.39 is 17.7 Å². The fourth-order valence-corrected chi connectivity index (χ4v) is 9.06. The normalized spacial score (nSPS) is 36.7. The largest absolute Gasteiger partial charge is 0.497 e. The van der Waals surface area contributed by atoms with E-state index in [4.69, 9.17) is 45.3 Å². The molecule has 3 aromatic rings. The van der Waals surface area contributed by atoms with Crippen molar-refractivity contribution in [3.05, 3.63) is 41.4 Å². The minimum Gasteiger partial charge on any atom is -0.497 e. The number of halogens is 1. The van der Waals surface area contributed by atoms with Gasteiger partial charge in [0.2, 0.25) is 5.79 Å². The standard InChI is InChI=1S/C35H44ClN3O6/c1-21-5-9-28-22(2)32(42-33-35(28)27(21)11-12-34(3,43-33)44-45-35)41-18-17-38-13-15-39(16-14-38)31-25-8-6-23(36)19-30(25)37-29-10-7-24(40-4)20-26(29)31/h6-8,10,19-22,27-28,32-33H,5,9,11-18H2,1-4H3/t21-,22-,27+,28+,32+,33-,34?,35-/m1/s1. The molecule has 1 aromatic heterocycles. The summed E-state index contributed by atoms with van der Waals surface area (Å²) in [4.78, 5) is 22.1. The molecule has 1 saturated carbocycles. The number of piperazine rings is 1. The summed E-state index contributed by atoms with van der Waals surface area (Å²) in [6.45, 7) is 11.7. The van der Waals surface area contributed by atoms with E-state index >= 15 is 0 Å². The van der Waals surface area contributed by atoms with Crippen molar-refractivity contribution in [2.24, 2.45) is 23.7 Å². The summed E-state index contributed by atoms with van der Waals surface area (Å²) in [6.07, 6.45) is 3.30. The molecule has 0 amide bonds. The second-order valence-corrected chi connectivity index (χ2v) is 14.4. The lowest BCUT2D eigenvalue weighted by atomic mass is 9.58. The third-order valence-electron chi connectivity index (χ3n) is 11.4. The highest BCUT2D eigenvalue weighted by Gasteiger charge is 2.69. The van der Waals surface area contributed by atoms with Crippen LogP contribution in [-0.4, -0.2) is 80.3 Å². The molecular formula is C35H44ClN3O6. The number of aromatic nitrogens is 1. The van der Waals surface area contributed by atoms with Crippen LogP contribution in [0.3, 0.4) is 0 Å². The third kappa shape index (κ3) is 5.01. The Balaban J connectivity index is 0.941. The van der Waals surface area contributed by atoms with E-state index in [2.05, 4.69) is 35.8 Å². The van der Waals surface area contributed by atoms with Gasteiger partial charge >= 0.3 is 0 Å². The van der Waals surface area contributed by atoms with Gasteiger partial charge in [0, 0.05) is 66.8 Å². The molecule has 5 saturated heterocycles. The molecule has 5 aliphatic heterocycles. The Morgan fingerprint density at radius 3 is 2.62 bits per heavy atom. The summed E-state index contributed by atoms with van der Waals surface area (Å²) in [5.74, 6) is 1.41. The molecule has 1 aliphatic carbocycles. The fourth-order valence-electron chi connectivity index (χ4n) is 8.90. The van der Waals surface area contributed by atoms with Crippen molar-refractivity contribution < 1.29 is 28.7 Å². The van der Waals surface area contributed by atoms with Crippen molar-refractivity contribution in [3.8, 4) is 5.75 Å². The molecule has 1 spiro atoms. The minimum atomic E-state index is -0.773. The Morgan fingerprint density at radius 1 is 0.956 bits per heavy atom. The van der Waals surface area contributed by atoms with Crippen LogP contribution in [0.25, 0.3) is 21.8 Å². The van der Waals surface area contributed by atoms with Gasteiger partial charge in [0.15, 0.2) is 18.2 Å². The Bertz CT molecular complexity index is 1580. The summed E-state index contributed by atoms with van der Waals surface area (Å²) in [5.41, 5.74) is 2.48. The Hall–Kier alpha value is -2.24. The molecule has 0 N–H and O–H groups in total. The van der Waals surface area contributed by atoms with Crippen LogP contribution in [0.15, 0.2) is 36.4 Å². The maximum atomic E-state index is 6.63. The Labute approximate surface area is 269 Å². The molecule has 9 rings (SSSR count). The minimum absolute atomic E-state index is 0.182. The zero-order valence-electron chi connectivity index (χ0n) is 26.7. The number of rotatable bonds is 6. The van der Waals surface area contributed by atoms with Gasteiger partial charge in [0.25, 0.3) is 0 Å². The van der Waals surface area contributed by atoms with Gasteiger partial charge in [-0.25, -0.2) is 14.8 Å². The van der Waals surface area contributed by atoms with Crippen LogP contribution in [0.2, 0.25) is 5.02 Å². The van der Waals surface area contributed by atoms with Gasteiger partial charge < -0.3 is 23.8 Å². The number of hydrogen-bond donors (Lipinski definition) is 0. The second-order valence-electron chi connectivity index (χ2n) is 14.0. The number of fused-ring (bicyclic) bond motifs is 4. The van der Waals surface area contributed by atoms with Crippen molar-refractivity contribution >= 4 is 39.1 Å². The van der Waals surface area contributed by atoms with Crippen molar-refractivity contribution in [3.63, 3.8) is 0 Å². The first kappa shape index (κ1) is 30.1. The second kappa shape index (κ2) is 11.5. The number of pyridine rings is 1. The average molecular weight is 638 g/mol. The smallest absolute Gasteiger partial charge is 0.201 e. The number of nitrogens with zero attached hydrogens (tertiary/aromatic N) is 3. The molecule has 6 fully saturated rings. The number of hydrogen-bond acceptors (Lipinski definition) is 9. The molecule has 9 nitrogen and oxygen atoms in total. The lowest BCUT2D eigenvalue weighted by Gasteiger charge is -2.60. The van der Waals surface area contributed by atoms with Gasteiger partial charge in [0.1, 0.15) is 5.75 Å². The van der Waals surface area contributed by atoms with Crippen LogP contribution >= 0.6 is 11.6 Å². The number of anilines is 1. The van der Waals surface area contributed by atoms with Gasteiger partial charge in [0.05, 0.1) is 30.4 Å². The van der Waals surface area contributed by atoms with Crippen LogP contribution in [-0.2, 0) is 24.0 Å². The van der Waals surface area contributed by atoms with Crippen LogP contribution in [0.4, 0.5) is 5.69 Å². The van der Waals surface area contributed by atoms with Crippen molar-refractivity contribution in [1.82, 2.24) is 9.88 Å². The van der Waals surface area contributed by atoms with Gasteiger partial charge in [-0.05, 0) is 74.4 Å². The first-order chi connectivity index (χ1) is 21.8. The number of benzene rings is 2. The number of ether oxygens (including phenoxy) is 4. The molecule has 45 heavy (non-hydrogen) atoms. The highest BCUT2D eigenvalue weighted by atomic mass is 35.5. The quantitative estimate of drug-likeness (QED) is 0.226. The summed E-state index contributed by atoms with van der Waals surface area (Å²) in [7, 11) is 1.70. The first-order valence-corrected chi connectivity index (χ1v) is 17.0. The van der Waals surface area contributed by atoms with Crippen molar-refractivity contribution in [1.29, 1.82) is 0 Å². The summed E-state index contributed by atoms with van der Waals surface area (Å²) in [6, 6.07) is 12.1. The Morgan fingerprint density at radius 2 is 1.80 bits per heavy atom. The zero-order chi connectivity index (χ0) is 30.9. The molecular weight excluding hydrogens is 594 g/mol. The van der Waals surface area contributed by atoms with Crippen molar-refractivity contribution in [2.45, 2.75) is 70.4 Å². The van der Waals surface area contributed by atoms with E-state index in [0.29, 0.717) is 23.5 Å². The molecule has 2 aromatic carbocycles. The lowest BCUT2D eigenvalue weighted by molar-refractivity contribution is -0.577. The van der Waals surface area contributed by atoms with E-state index in [1.54, 1.807) is 7.11 Å². The molecule has 2 bridgehead atoms. The maximum Gasteiger partial charge on any atom is 0.201 e. The predicted molar refractivity (Wildman–Crippen MR) is 172 cm³/mol. The first-order valence-electron chi connectivity index (χ1n) is 16.6. The van der Waals surface area contributed by atoms with Crippen LogP contribution in [0.1, 0.15) is 46.5 Å². The van der Waals surface area contributed by atoms with Crippen LogP contribution in [0.5, 0.6) is 5.75 Å². The number of methoxy groups -OCH3 is 1. The molecule has 10 heteroatoms. The molecule has 6 heterocycles. The van der Waals surface area contributed by atoms with Gasteiger partial charge in [-0.3, -0.25) is 4.90 Å². The van der Waals surface area contributed by atoms with E-state index in [-0.39, 0.29) is 18.1 Å². The van der Waals surface area contributed by atoms with E-state index in [1.807, 2.05) is 31.2 Å². The van der Waals surface area contributed by atoms with Crippen molar-refractivity contribution in [2.75, 3.05) is 51.3 Å². The highest BCUT2D eigenvalue weighted by Crippen LogP contribution is 2.60. The van der Waals surface area contributed by atoms with Crippen LogP contribution < -0.4 is 9.64 Å². The van der Waals surface area contributed by atoms with E-state index in [1.165, 1.54) is 12.1 Å². The zero-order valence-corrected chi connectivity index (χ0v) is 27.4. The van der Waals surface area contributed by atoms with Gasteiger partial charge in [-0.1, -0.05) is 25.4 Å². The van der Waals surface area contributed by atoms with Gasteiger partial charge in [-0.15, -0.1) is 0 Å². The maximum absolute atomic E-state index is 6.63.